The van der Waals surface area contributed by atoms with Gasteiger partial charge in [-0.05, 0) is 55.2 Å². The molecule has 0 unspecified atom stereocenters. The van der Waals surface area contributed by atoms with Gasteiger partial charge in [0.25, 0.3) is 0 Å². The highest BCUT2D eigenvalue weighted by Gasteiger charge is 2.25. The second-order valence-corrected chi connectivity index (χ2v) is 9.52. The number of aryl methyl sites for hydroxylation is 1. The highest BCUT2D eigenvalue weighted by atomic mass is 32.2. The van der Waals surface area contributed by atoms with E-state index in [1.54, 1.807) is 28.6 Å². The average molecular weight is 431 g/mol. The molecule has 0 spiro atoms. The standard InChI is InChI=1S/C22H26N2O5S/c25-22(11-9-17-8-10-20-21(14-17)29-16-28-20)23-18-6-5-7-19(15-18)30(26,27)24-12-3-1-2-4-13-24/h5-8,10,14-15H,1-4,9,11-13,16H2,(H,23,25). The molecule has 0 bridgehead atoms. The molecule has 160 valence electrons. The summed E-state index contributed by atoms with van der Waals surface area (Å²) in [7, 11) is -3.55. The zero-order valence-electron chi connectivity index (χ0n) is 16.8. The first-order valence-electron chi connectivity index (χ1n) is 10.3. The van der Waals surface area contributed by atoms with Crippen LogP contribution in [0.3, 0.4) is 0 Å². The number of hydrogen-bond donors (Lipinski definition) is 1. The third kappa shape index (κ3) is 4.76. The van der Waals surface area contributed by atoms with E-state index < -0.39 is 10.0 Å². The number of nitrogens with one attached hydrogen (secondary N) is 1. The maximum absolute atomic E-state index is 13.0. The number of fused-ring (bicyclic) bond motifs is 1. The molecule has 0 aliphatic carbocycles. The molecule has 0 radical (unpaired) electrons. The fourth-order valence-corrected chi connectivity index (χ4v) is 5.31. The Labute approximate surface area is 177 Å². The van der Waals surface area contributed by atoms with Crippen LogP contribution in [0.15, 0.2) is 47.4 Å². The van der Waals surface area contributed by atoms with E-state index in [9.17, 15) is 13.2 Å². The first kappa shape index (κ1) is 20.7. The third-order valence-electron chi connectivity index (χ3n) is 5.40. The summed E-state index contributed by atoms with van der Waals surface area (Å²) in [4.78, 5) is 12.6. The Hall–Kier alpha value is -2.58. The lowest BCUT2D eigenvalue weighted by Crippen LogP contribution is -2.32. The summed E-state index contributed by atoms with van der Waals surface area (Å²) < 4.78 is 38.2. The van der Waals surface area contributed by atoms with Gasteiger partial charge in [0, 0.05) is 25.2 Å². The van der Waals surface area contributed by atoms with E-state index in [1.165, 1.54) is 0 Å². The van der Waals surface area contributed by atoms with Gasteiger partial charge in [-0.1, -0.05) is 25.0 Å². The van der Waals surface area contributed by atoms with Gasteiger partial charge in [0.1, 0.15) is 0 Å². The Morgan fingerprint density at radius 1 is 0.967 bits per heavy atom. The molecule has 0 saturated carbocycles. The number of carbonyl (C=O) groups is 1. The molecule has 1 fully saturated rings. The fraction of sp³-hybridized carbons (Fsp3) is 0.409. The van der Waals surface area contributed by atoms with Crippen molar-refractivity contribution in [3.05, 3.63) is 48.0 Å². The van der Waals surface area contributed by atoms with Crippen molar-refractivity contribution < 1.29 is 22.7 Å². The minimum absolute atomic E-state index is 0.169. The molecule has 0 atom stereocenters. The maximum Gasteiger partial charge on any atom is 0.243 e. The first-order chi connectivity index (χ1) is 14.5. The molecule has 2 heterocycles. The second-order valence-electron chi connectivity index (χ2n) is 7.58. The van der Waals surface area contributed by atoms with Gasteiger partial charge in [-0.3, -0.25) is 4.79 Å². The molecule has 1 N–H and O–H groups in total. The predicted octanol–water partition coefficient (Wildman–Crippen LogP) is 3.55. The quantitative estimate of drug-likeness (QED) is 0.758. The Balaban J connectivity index is 1.38. The Kier molecular flexibility index (Phi) is 6.24. The van der Waals surface area contributed by atoms with Gasteiger partial charge < -0.3 is 14.8 Å². The number of sulfonamides is 1. The van der Waals surface area contributed by atoms with Crippen LogP contribution in [-0.2, 0) is 21.2 Å². The van der Waals surface area contributed by atoms with Crippen LogP contribution in [0.5, 0.6) is 11.5 Å². The number of rotatable bonds is 6. The van der Waals surface area contributed by atoms with E-state index in [0.717, 1.165) is 31.2 Å². The molecule has 4 rings (SSSR count). The summed E-state index contributed by atoms with van der Waals surface area (Å²) >= 11 is 0. The Bertz CT molecular complexity index is 1010. The van der Waals surface area contributed by atoms with E-state index in [4.69, 9.17) is 9.47 Å². The van der Waals surface area contributed by atoms with Crippen LogP contribution < -0.4 is 14.8 Å². The molecule has 2 aromatic rings. The fourth-order valence-electron chi connectivity index (χ4n) is 3.74. The van der Waals surface area contributed by atoms with E-state index in [0.29, 0.717) is 36.7 Å². The van der Waals surface area contributed by atoms with Crippen LogP contribution in [0.1, 0.15) is 37.7 Å². The molecular formula is C22H26N2O5S. The Morgan fingerprint density at radius 2 is 1.73 bits per heavy atom. The van der Waals surface area contributed by atoms with Crippen LogP contribution in [0, 0.1) is 0 Å². The summed E-state index contributed by atoms with van der Waals surface area (Å²) in [6.45, 7) is 1.32. The predicted molar refractivity (Wildman–Crippen MR) is 113 cm³/mol. The largest absolute Gasteiger partial charge is 0.454 e. The first-order valence-corrected chi connectivity index (χ1v) is 11.7. The minimum atomic E-state index is -3.55. The number of hydrogen-bond acceptors (Lipinski definition) is 5. The summed E-state index contributed by atoms with van der Waals surface area (Å²) in [6.07, 6.45) is 4.72. The molecule has 1 saturated heterocycles. The number of amides is 1. The van der Waals surface area contributed by atoms with Crippen molar-refractivity contribution in [1.82, 2.24) is 4.31 Å². The zero-order valence-corrected chi connectivity index (χ0v) is 17.6. The Morgan fingerprint density at radius 3 is 2.53 bits per heavy atom. The van der Waals surface area contributed by atoms with E-state index in [-0.39, 0.29) is 24.0 Å². The molecule has 30 heavy (non-hydrogen) atoms. The molecule has 1 amide bonds. The van der Waals surface area contributed by atoms with Gasteiger partial charge in [-0.2, -0.15) is 4.31 Å². The van der Waals surface area contributed by atoms with Gasteiger partial charge in [0.2, 0.25) is 22.7 Å². The van der Waals surface area contributed by atoms with Gasteiger partial charge in [-0.15, -0.1) is 0 Å². The van der Waals surface area contributed by atoms with Crippen molar-refractivity contribution in [3.63, 3.8) is 0 Å². The molecule has 0 aromatic heterocycles. The molecule has 2 aromatic carbocycles. The second kappa shape index (κ2) is 9.06. The number of carbonyl (C=O) groups excluding carboxylic acids is 1. The smallest absolute Gasteiger partial charge is 0.243 e. The lowest BCUT2D eigenvalue weighted by atomic mass is 10.1. The highest BCUT2D eigenvalue weighted by Crippen LogP contribution is 2.32. The van der Waals surface area contributed by atoms with Crippen molar-refractivity contribution in [2.75, 3.05) is 25.2 Å². The zero-order chi connectivity index (χ0) is 21.0. The van der Waals surface area contributed by atoms with Crippen LogP contribution in [0.4, 0.5) is 5.69 Å². The average Bonchev–Trinajstić information content (AvgIpc) is 3.03. The topological polar surface area (TPSA) is 84.9 Å². The summed E-state index contributed by atoms with van der Waals surface area (Å²) in [5, 5.41) is 2.81. The van der Waals surface area contributed by atoms with Crippen molar-refractivity contribution in [2.45, 2.75) is 43.4 Å². The summed E-state index contributed by atoms with van der Waals surface area (Å²) in [6, 6.07) is 12.1. The van der Waals surface area contributed by atoms with Crippen LogP contribution in [-0.4, -0.2) is 38.5 Å². The number of nitrogens with zero attached hydrogens (tertiary/aromatic N) is 1. The lowest BCUT2D eigenvalue weighted by molar-refractivity contribution is -0.116. The number of anilines is 1. The molecule has 7 nitrogen and oxygen atoms in total. The lowest BCUT2D eigenvalue weighted by Gasteiger charge is -2.20. The van der Waals surface area contributed by atoms with Gasteiger partial charge >= 0.3 is 0 Å². The maximum atomic E-state index is 13.0. The van der Waals surface area contributed by atoms with Crippen molar-refractivity contribution in [3.8, 4) is 11.5 Å². The van der Waals surface area contributed by atoms with Gasteiger partial charge in [0.05, 0.1) is 4.90 Å². The molecule has 2 aliphatic heterocycles. The minimum Gasteiger partial charge on any atom is -0.454 e. The molecule has 2 aliphatic rings. The van der Waals surface area contributed by atoms with Crippen molar-refractivity contribution >= 4 is 21.6 Å². The number of benzene rings is 2. The van der Waals surface area contributed by atoms with Crippen LogP contribution in [0.25, 0.3) is 0 Å². The van der Waals surface area contributed by atoms with Crippen LogP contribution >= 0.6 is 0 Å². The van der Waals surface area contributed by atoms with Gasteiger partial charge in [0.15, 0.2) is 11.5 Å². The van der Waals surface area contributed by atoms with Gasteiger partial charge in [-0.25, -0.2) is 8.42 Å². The highest BCUT2D eigenvalue weighted by molar-refractivity contribution is 7.89. The van der Waals surface area contributed by atoms with E-state index in [2.05, 4.69) is 5.32 Å². The van der Waals surface area contributed by atoms with Crippen molar-refractivity contribution in [2.24, 2.45) is 0 Å². The summed E-state index contributed by atoms with van der Waals surface area (Å²) in [5.41, 5.74) is 1.47. The van der Waals surface area contributed by atoms with Crippen molar-refractivity contribution in [1.29, 1.82) is 0 Å². The molecular weight excluding hydrogens is 404 g/mol. The van der Waals surface area contributed by atoms with Crippen LogP contribution in [0.2, 0.25) is 0 Å². The monoisotopic (exact) mass is 430 g/mol. The SMILES string of the molecule is O=C(CCc1ccc2c(c1)OCO2)Nc1cccc(S(=O)(=O)N2CCCCCC2)c1. The third-order valence-corrected chi connectivity index (χ3v) is 7.29. The van der Waals surface area contributed by atoms with E-state index >= 15 is 0 Å². The molecule has 8 heteroatoms. The normalized spacial score (nSPS) is 16.8. The number of ether oxygens (including phenoxy) is 2. The van der Waals surface area contributed by atoms with E-state index in [1.807, 2.05) is 18.2 Å². The summed E-state index contributed by atoms with van der Waals surface area (Å²) in [5.74, 6) is 1.24.